The quantitative estimate of drug-likeness (QED) is 0.562. The molecule has 0 radical (unpaired) electrons. The second-order valence-corrected chi connectivity index (χ2v) is 8.12. The summed E-state index contributed by atoms with van der Waals surface area (Å²) in [5.41, 5.74) is 2.79. The van der Waals surface area contributed by atoms with Crippen LogP contribution in [0.1, 0.15) is 26.2 Å². The Bertz CT molecular complexity index is 1310. The number of aromatic nitrogens is 6. The third kappa shape index (κ3) is 2.73. The Labute approximate surface area is 172 Å². The van der Waals surface area contributed by atoms with Crippen molar-refractivity contribution in [2.45, 2.75) is 31.7 Å². The zero-order chi connectivity index (χ0) is 20.8. The van der Waals surface area contributed by atoms with E-state index in [4.69, 9.17) is 10.1 Å². The van der Waals surface area contributed by atoms with Crippen LogP contribution in [0.4, 0.5) is 0 Å². The highest BCUT2D eigenvalue weighted by molar-refractivity contribution is 5.93. The Morgan fingerprint density at radius 3 is 2.77 bits per heavy atom. The van der Waals surface area contributed by atoms with Crippen LogP contribution < -0.4 is 0 Å². The van der Waals surface area contributed by atoms with Crippen molar-refractivity contribution >= 4 is 10.9 Å². The summed E-state index contributed by atoms with van der Waals surface area (Å²) in [5.74, 6) is 0. The van der Waals surface area contributed by atoms with Gasteiger partial charge in [-0.2, -0.15) is 20.7 Å². The molecule has 4 aromatic rings. The zero-order valence-corrected chi connectivity index (χ0v) is 16.4. The van der Waals surface area contributed by atoms with E-state index in [1.54, 1.807) is 12.4 Å². The Morgan fingerprint density at radius 1 is 1.17 bits per heavy atom. The summed E-state index contributed by atoms with van der Waals surface area (Å²) in [7, 11) is 0. The summed E-state index contributed by atoms with van der Waals surface area (Å²) < 4.78 is 1.84. The van der Waals surface area contributed by atoms with Crippen LogP contribution in [0.15, 0.2) is 48.9 Å². The molecular weight excluding hydrogens is 376 g/mol. The highest BCUT2D eigenvalue weighted by Crippen LogP contribution is 2.54. The van der Waals surface area contributed by atoms with E-state index in [0.29, 0.717) is 36.3 Å². The molecule has 1 aliphatic rings. The van der Waals surface area contributed by atoms with Crippen LogP contribution in [0.3, 0.4) is 0 Å². The Kier molecular flexibility index (Phi) is 3.90. The van der Waals surface area contributed by atoms with Crippen LogP contribution in [0.2, 0.25) is 0 Å². The van der Waals surface area contributed by atoms with E-state index in [9.17, 15) is 10.5 Å². The topological polar surface area (TPSA) is 120 Å². The van der Waals surface area contributed by atoms with Crippen LogP contribution in [0, 0.1) is 28.1 Å². The number of nitrogens with one attached hydrogen (secondary N) is 1. The number of nitriles is 2. The fourth-order valence-corrected chi connectivity index (χ4v) is 4.51. The largest absolute Gasteiger partial charge is 0.285 e. The third-order valence-corrected chi connectivity index (χ3v) is 5.80. The minimum Gasteiger partial charge on any atom is -0.285 e. The molecular formula is C22H18N8. The van der Waals surface area contributed by atoms with Crippen molar-refractivity contribution in [1.29, 1.82) is 10.5 Å². The molecule has 0 bridgehead atoms. The first-order valence-corrected chi connectivity index (χ1v) is 9.67. The molecule has 0 unspecified atom stereocenters. The van der Waals surface area contributed by atoms with E-state index in [2.05, 4.69) is 27.3 Å². The molecule has 0 spiro atoms. The van der Waals surface area contributed by atoms with E-state index in [1.807, 2.05) is 48.1 Å². The van der Waals surface area contributed by atoms with Gasteiger partial charge in [-0.15, -0.1) is 0 Å². The van der Waals surface area contributed by atoms with Gasteiger partial charge < -0.3 is 0 Å². The summed E-state index contributed by atoms with van der Waals surface area (Å²) in [6.45, 7) is 1.93. The van der Waals surface area contributed by atoms with Gasteiger partial charge in [-0.1, -0.05) is 0 Å². The van der Waals surface area contributed by atoms with Crippen LogP contribution in [0.25, 0.3) is 33.7 Å². The van der Waals surface area contributed by atoms with Crippen LogP contribution in [-0.2, 0) is 5.54 Å². The third-order valence-electron chi connectivity index (χ3n) is 5.80. The number of rotatable bonds is 4. The van der Waals surface area contributed by atoms with Gasteiger partial charge in [-0.3, -0.25) is 14.8 Å². The fraction of sp³-hybridized carbons (Fsp3) is 0.273. The van der Waals surface area contributed by atoms with E-state index in [0.717, 1.165) is 16.6 Å². The molecule has 0 atom stereocenters. The molecule has 30 heavy (non-hydrogen) atoms. The lowest BCUT2D eigenvalue weighted by molar-refractivity contribution is 0.0200. The van der Waals surface area contributed by atoms with Gasteiger partial charge in [0.2, 0.25) is 0 Å². The van der Waals surface area contributed by atoms with Crippen LogP contribution in [-0.4, -0.2) is 29.9 Å². The minimum atomic E-state index is -0.453. The highest BCUT2D eigenvalue weighted by atomic mass is 15.3. The summed E-state index contributed by atoms with van der Waals surface area (Å²) >= 11 is 0. The first-order valence-electron chi connectivity index (χ1n) is 9.67. The summed E-state index contributed by atoms with van der Waals surface area (Å²) in [5, 5.41) is 31.6. The van der Waals surface area contributed by atoms with Gasteiger partial charge in [-0.25, -0.2) is 4.98 Å². The molecule has 5 rings (SSSR count). The molecule has 1 saturated carbocycles. The van der Waals surface area contributed by atoms with Crippen LogP contribution in [0.5, 0.6) is 0 Å². The van der Waals surface area contributed by atoms with E-state index >= 15 is 0 Å². The van der Waals surface area contributed by atoms with Crippen molar-refractivity contribution in [1.82, 2.24) is 29.9 Å². The highest BCUT2D eigenvalue weighted by Gasteiger charge is 2.54. The molecule has 8 nitrogen and oxygen atoms in total. The maximum Gasteiger partial charge on any atom is 0.111 e. The summed E-state index contributed by atoms with van der Waals surface area (Å²) in [4.78, 5) is 9.32. The van der Waals surface area contributed by atoms with Gasteiger partial charge in [0.25, 0.3) is 0 Å². The van der Waals surface area contributed by atoms with Gasteiger partial charge in [0.05, 0.1) is 40.7 Å². The molecule has 0 saturated heterocycles. The molecule has 1 fully saturated rings. The molecule has 4 heterocycles. The number of H-pyrrole nitrogens is 1. The van der Waals surface area contributed by atoms with Crippen LogP contribution >= 0.6 is 0 Å². The lowest BCUT2D eigenvalue weighted by atomic mass is 9.58. The molecule has 0 aliphatic heterocycles. The summed E-state index contributed by atoms with van der Waals surface area (Å²) in [6.07, 6.45) is 6.91. The van der Waals surface area contributed by atoms with Crippen molar-refractivity contribution in [3.8, 4) is 34.9 Å². The predicted octanol–water partition coefficient (Wildman–Crippen LogP) is 3.82. The van der Waals surface area contributed by atoms with Gasteiger partial charge in [-0.05, 0) is 50.1 Å². The van der Waals surface area contributed by atoms with Crippen molar-refractivity contribution in [2.75, 3.05) is 0 Å². The Morgan fingerprint density at radius 2 is 2.03 bits per heavy atom. The first-order chi connectivity index (χ1) is 14.6. The lowest BCUT2D eigenvalue weighted by Crippen LogP contribution is -2.51. The molecule has 1 aliphatic carbocycles. The van der Waals surface area contributed by atoms with Crippen molar-refractivity contribution in [3.63, 3.8) is 0 Å². The van der Waals surface area contributed by atoms with E-state index < -0.39 is 11.0 Å². The molecule has 8 heteroatoms. The molecule has 4 aromatic heterocycles. The first kappa shape index (κ1) is 18.0. The average Bonchev–Trinajstić information content (AvgIpc) is 3.44. The SMILES string of the molecule is C[C@]1(C#N)C[C@@](CC#N)(n2ccc(-c3nc(-c4cc[nH]n4)cc4ncccc34)n2)C1. The second kappa shape index (κ2) is 6.50. The van der Waals surface area contributed by atoms with Gasteiger partial charge >= 0.3 is 0 Å². The lowest BCUT2D eigenvalue weighted by Gasteiger charge is -2.50. The van der Waals surface area contributed by atoms with E-state index in [1.165, 1.54) is 0 Å². The maximum atomic E-state index is 9.43. The standard InChI is InChI=1S/C22H18N8/c1-21(14-24)12-22(13-21,6-7-23)30-10-5-17(29-30)20-15-3-2-8-25-18(15)11-19(27-20)16-4-9-26-28-16/h2-5,8-11H,6,12-13H2,1H3,(H,26,28)/t21-,22+. The predicted molar refractivity (Wildman–Crippen MR) is 109 cm³/mol. The number of hydrogen-bond donors (Lipinski definition) is 1. The smallest absolute Gasteiger partial charge is 0.111 e. The average molecular weight is 394 g/mol. The molecule has 0 amide bonds. The van der Waals surface area contributed by atoms with Gasteiger partial charge in [0.1, 0.15) is 17.1 Å². The van der Waals surface area contributed by atoms with Gasteiger partial charge in [0.15, 0.2) is 0 Å². The monoisotopic (exact) mass is 394 g/mol. The minimum absolute atomic E-state index is 0.314. The van der Waals surface area contributed by atoms with E-state index in [-0.39, 0.29) is 0 Å². The number of hydrogen-bond acceptors (Lipinski definition) is 6. The van der Waals surface area contributed by atoms with Gasteiger partial charge in [0, 0.05) is 24.0 Å². The molecule has 1 N–H and O–H groups in total. The number of pyridine rings is 2. The van der Waals surface area contributed by atoms with Crippen molar-refractivity contribution < 1.29 is 0 Å². The number of aromatic amines is 1. The van der Waals surface area contributed by atoms with Crippen molar-refractivity contribution in [3.05, 3.63) is 48.9 Å². The fourth-order valence-electron chi connectivity index (χ4n) is 4.51. The normalized spacial score (nSPS) is 22.9. The Hall–Kier alpha value is -4.04. The Balaban J connectivity index is 1.62. The second-order valence-electron chi connectivity index (χ2n) is 8.12. The molecule has 146 valence electrons. The zero-order valence-electron chi connectivity index (χ0n) is 16.4. The number of nitrogens with zero attached hydrogens (tertiary/aromatic N) is 7. The molecule has 0 aromatic carbocycles. The van der Waals surface area contributed by atoms with Crippen molar-refractivity contribution in [2.24, 2.45) is 5.41 Å². The maximum absolute atomic E-state index is 9.43. The number of fused-ring (bicyclic) bond motifs is 1. The summed E-state index contributed by atoms with van der Waals surface area (Å²) in [6, 6.07) is 14.2.